The first-order valence-electron chi connectivity index (χ1n) is 5.61. The minimum absolute atomic E-state index is 0.0440. The second kappa shape index (κ2) is 9.48. The number of carbonyl (C=O) groups excluding carboxylic acids is 1. The molecule has 19 heavy (non-hydrogen) atoms. The number of hydrogen-bond donors (Lipinski definition) is 1. The van der Waals surface area contributed by atoms with Crippen LogP contribution < -0.4 is 0 Å². The summed E-state index contributed by atoms with van der Waals surface area (Å²) in [7, 11) is 0. The Kier molecular flexibility index (Phi) is 8.21. The van der Waals surface area contributed by atoms with Gasteiger partial charge in [0.2, 0.25) is 0 Å². The van der Waals surface area contributed by atoms with Crippen molar-refractivity contribution in [3.8, 4) is 0 Å². The maximum absolute atomic E-state index is 11.8. The summed E-state index contributed by atoms with van der Waals surface area (Å²) in [5.41, 5.74) is 0.301. The number of allylic oxidation sites excluding steroid dienone is 7. The van der Waals surface area contributed by atoms with Crippen molar-refractivity contribution in [1.29, 1.82) is 0 Å². The van der Waals surface area contributed by atoms with Gasteiger partial charge in [-0.15, -0.1) is 0 Å². The third kappa shape index (κ3) is 7.39. The molecule has 3 heteroatoms. The van der Waals surface area contributed by atoms with Crippen LogP contribution in [0.5, 0.6) is 0 Å². The number of rotatable bonds is 7. The van der Waals surface area contributed by atoms with E-state index in [0.29, 0.717) is 5.57 Å². The molecular weight excluding hydrogens is 240 g/mol. The second-order valence-corrected chi connectivity index (χ2v) is 3.38. The van der Waals surface area contributed by atoms with Gasteiger partial charge in [-0.2, -0.15) is 0 Å². The highest BCUT2D eigenvalue weighted by molar-refractivity contribution is 5.92. The molecule has 0 rings (SSSR count). The van der Waals surface area contributed by atoms with Crippen molar-refractivity contribution in [2.75, 3.05) is 0 Å². The highest BCUT2D eigenvalue weighted by Crippen LogP contribution is 2.08. The summed E-state index contributed by atoms with van der Waals surface area (Å²) in [5.74, 6) is -0.591. The van der Waals surface area contributed by atoms with Crippen molar-refractivity contribution in [1.82, 2.24) is 0 Å². The van der Waals surface area contributed by atoms with Crippen LogP contribution in [0, 0.1) is 0 Å². The summed E-state index contributed by atoms with van der Waals surface area (Å²) < 4.78 is 4.97. The lowest BCUT2D eigenvalue weighted by atomic mass is 10.2. The molecule has 0 aromatic carbocycles. The van der Waals surface area contributed by atoms with E-state index >= 15 is 0 Å². The first kappa shape index (κ1) is 16.4. The fourth-order valence-electron chi connectivity index (χ4n) is 1.08. The lowest BCUT2D eigenvalue weighted by Crippen LogP contribution is -2.05. The van der Waals surface area contributed by atoms with Gasteiger partial charge in [0, 0.05) is 6.08 Å². The first-order valence-corrected chi connectivity index (χ1v) is 5.61. The van der Waals surface area contributed by atoms with Gasteiger partial charge in [0.25, 0.3) is 0 Å². The largest absolute Gasteiger partial charge is 0.508 e. The molecule has 0 heterocycles. The van der Waals surface area contributed by atoms with E-state index in [1.54, 1.807) is 25.2 Å². The minimum atomic E-state index is -0.590. The van der Waals surface area contributed by atoms with E-state index < -0.39 is 5.97 Å². The zero-order valence-electron chi connectivity index (χ0n) is 11.0. The van der Waals surface area contributed by atoms with E-state index in [-0.39, 0.29) is 11.5 Å². The van der Waals surface area contributed by atoms with Gasteiger partial charge in [-0.25, -0.2) is 4.79 Å². The Labute approximate surface area is 113 Å². The number of hydrogen-bond acceptors (Lipinski definition) is 3. The summed E-state index contributed by atoms with van der Waals surface area (Å²) >= 11 is 0. The minimum Gasteiger partial charge on any atom is -0.508 e. The number of aliphatic hydroxyl groups is 1. The smallest absolute Gasteiger partial charge is 0.343 e. The molecule has 0 fully saturated rings. The summed E-state index contributed by atoms with van der Waals surface area (Å²) in [4.78, 5) is 11.8. The topological polar surface area (TPSA) is 46.5 Å². The zero-order chi connectivity index (χ0) is 14.7. The van der Waals surface area contributed by atoms with Crippen molar-refractivity contribution < 1.29 is 14.6 Å². The van der Waals surface area contributed by atoms with Gasteiger partial charge in [0.1, 0.15) is 11.5 Å². The van der Waals surface area contributed by atoms with E-state index in [9.17, 15) is 9.90 Å². The van der Waals surface area contributed by atoms with Gasteiger partial charge in [0.15, 0.2) is 0 Å². The van der Waals surface area contributed by atoms with E-state index in [4.69, 9.17) is 4.74 Å². The predicted octanol–water partition coefficient (Wildman–Crippen LogP) is 3.92. The van der Waals surface area contributed by atoms with Crippen molar-refractivity contribution in [2.24, 2.45) is 0 Å². The summed E-state index contributed by atoms with van der Waals surface area (Å²) in [6.07, 6.45) is 12.0. The molecule has 0 atom stereocenters. The van der Waals surface area contributed by atoms with Crippen molar-refractivity contribution in [3.63, 3.8) is 0 Å². The molecule has 0 aliphatic rings. The Morgan fingerprint density at radius 1 is 1.21 bits per heavy atom. The fraction of sp³-hybridized carbons (Fsp3) is 0.0625. The Hall–Kier alpha value is -2.55. The van der Waals surface area contributed by atoms with Gasteiger partial charge in [-0.3, -0.25) is 0 Å². The van der Waals surface area contributed by atoms with Crippen LogP contribution in [0.15, 0.2) is 85.4 Å². The van der Waals surface area contributed by atoms with Crippen molar-refractivity contribution in [3.05, 3.63) is 85.4 Å². The number of ether oxygens (including phenoxy) is 1. The van der Waals surface area contributed by atoms with Crippen LogP contribution in [0.4, 0.5) is 0 Å². The van der Waals surface area contributed by atoms with E-state index in [2.05, 4.69) is 19.7 Å². The molecule has 0 aliphatic carbocycles. The highest BCUT2D eigenvalue weighted by atomic mass is 16.5. The molecule has 100 valence electrons. The van der Waals surface area contributed by atoms with Crippen LogP contribution in [0.1, 0.15) is 6.92 Å². The van der Waals surface area contributed by atoms with Gasteiger partial charge in [-0.05, 0) is 25.2 Å². The van der Waals surface area contributed by atoms with E-state index in [0.717, 1.165) is 0 Å². The molecular formula is C16H18O3. The molecule has 0 amide bonds. The molecule has 0 bridgehead atoms. The third-order valence-electron chi connectivity index (χ3n) is 1.82. The molecule has 1 N–H and O–H groups in total. The lowest BCUT2D eigenvalue weighted by molar-refractivity contribution is -0.134. The Bertz CT molecular complexity index is 474. The molecule has 0 radical (unpaired) electrons. The first-order chi connectivity index (χ1) is 9.04. The average molecular weight is 258 g/mol. The van der Waals surface area contributed by atoms with Crippen LogP contribution in [-0.2, 0) is 9.53 Å². The number of carbonyl (C=O) groups is 1. The zero-order valence-corrected chi connectivity index (χ0v) is 11.0. The molecule has 0 spiro atoms. The molecule has 0 unspecified atom stereocenters. The standard InChI is InChI=1S/C16H18O3/c1-5-8-11-14(9-6-2)16(18)19-13(4)12-15(17)10-7-3/h5-12,17H,1-2,4H2,3H3/b10-7-,11-8-,14-9+,15-12+. The normalized spacial score (nSPS) is 12.7. The maximum Gasteiger partial charge on any atom is 0.343 e. The molecule has 0 aromatic heterocycles. The second-order valence-electron chi connectivity index (χ2n) is 3.38. The van der Waals surface area contributed by atoms with Crippen LogP contribution in [0.25, 0.3) is 0 Å². The van der Waals surface area contributed by atoms with Gasteiger partial charge >= 0.3 is 5.97 Å². The molecule has 3 nitrogen and oxygen atoms in total. The summed E-state index contributed by atoms with van der Waals surface area (Å²) in [6.45, 7) is 12.3. The maximum atomic E-state index is 11.8. The summed E-state index contributed by atoms with van der Waals surface area (Å²) in [6, 6.07) is 0. The molecule has 0 saturated carbocycles. The number of esters is 1. The van der Waals surface area contributed by atoms with Gasteiger partial charge in [0.05, 0.1) is 5.57 Å². The SMILES string of the molecule is C=C/C=C\C(=C/C=C)C(=O)OC(=C)/C=C(O)\C=C/C. The quantitative estimate of drug-likeness (QED) is 0.326. The Morgan fingerprint density at radius 2 is 1.89 bits per heavy atom. The van der Waals surface area contributed by atoms with Gasteiger partial charge < -0.3 is 9.84 Å². The molecule has 0 aromatic rings. The predicted molar refractivity (Wildman–Crippen MR) is 78.4 cm³/mol. The van der Waals surface area contributed by atoms with Crippen LogP contribution in [0.2, 0.25) is 0 Å². The van der Waals surface area contributed by atoms with Crippen LogP contribution in [0.3, 0.4) is 0 Å². The van der Waals surface area contributed by atoms with E-state index in [1.807, 2.05) is 0 Å². The number of aliphatic hydroxyl groups excluding tert-OH is 1. The van der Waals surface area contributed by atoms with Crippen molar-refractivity contribution >= 4 is 5.97 Å². The summed E-state index contributed by atoms with van der Waals surface area (Å²) in [5, 5.41) is 9.38. The Balaban J connectivity index is 4.83. The van der Waals surface area contributed by atoms with Crippen molar-refractivity contribution in [2.45, 2.75) is 6.92 Å². The Morgan fingerprint density at radius 3 is 2.42 bits per heavy atom. The third-order valence-corrected chi connectivity index (χ3v) is 1.82. The lowest BCUT2D eigenvalue weighted by Gasteiger charge is -2.04. The van der Waals surface area contributed by atoms with Crippen LogP contribution >= 0.6 is 0 Å². The monoisotopic (exact) mass is 258 g/mol. The molecule has 0 saturated heterocycles. The fourth-order valence-corrected chi connectivity index (χ4v) is 1.08. The average Bonchev–Trinajstić information content (AvgIpc) is 2.34. The van der Waals surface area contributed by atoms with Crippen LogP contribution in [-0.4, -0.2) is 11.1 Å². The molecule has 0 aliphatic heterocycles. The van der Waals surface area contributed by atoms with E-state index in [1.165, 1.54) is 30.4 Å². The van der Waals surface area contributed by atoms with Gasteiger partial charge in [-0.1, -0.05) is 44.0 Å². The highest BCUT2D eigenvalue weighted by Gasteiger charge is 2.08.